The first-order valence-corrected chi connectivity index (χ1v) is 8.43. The standard InChI is InChI=1S/C13H21NO6S/c1-9(10(2)13(16)17)12(15)14(5-6-20-3)11-4-7-21(18,19)8-11/h11H,4-8H2,1-3H3,(H,16,17). The largest absolute Gasteiger partial charge is 0.478 e. The molecule has 1 aliphatic rings. The van der Waals surface area contributed by atoms with Gasteiger partial charge in [0.2, 0.25) is 5.91 Å². The molecule has 0 aromatic heterocycles. The number of methoxy groups -OCH3 is 1. The van der Waals surface area contributed by atoms with Gasteiger partial charge >= 0.3 is 5.97 Å². The van der Waals surface area contributed by atoms with Crippen molar-refractivity contribution in [3.63, 3.8) is 0 Å². The van der Waals surface area contributed by atoms with Crippen LogP contribution in [0.15, 0.2) is 11.1 Å². The number of carboxylic acid groups (broad SMARTS) is 1. The summed E-state index contributed by atoms with van der Waals surface area (Å²) >= 11 is 0. The number of hydrogen-bond donors (Lipinski definition) is 1. The van der Waals surface area contributed by atoms with E-state index < -0.39 is 27.8 Å². The number of amides is 1. The Labute approximate surface area is 124 Å². The Morgan fingerprint density at radius 3 is 2.33 bits per heavy atom. The Bertz CT molecular complexity index is 551. The van der Waals surface area contributed by atoms with E-state index in [4.69, 9.17) is 9.84 Å². The van der Waals surface area contributed by atoms with Gasteiger partial charge in [-0.1, -0.05) is 0 Å². The molecule has 7 nitrogen and oxygen atoms in total. The molecule has 1 heterocycles. The molecule has 1 saturated heterocycles. The first-order valence-electron chi connectivity index (χ1n) is 6.60. The number of hydrogen-bond acceptors (Lipinski definition) is 5. The molecule has 0 aliphatic carbocycles. The fourth-order valence-electron chi connectivity index (χ4n) is 2.20. The molecular weight excluding hydrogens is 298 g/mol. The summed E-state index contributed by atoms with van der Waals surface area (Å²) in [5.74, 6) is -1.64. The van der Waals surface area contributed by atoms with Crippen molar-refractivity contribution < 1.29 is 27.9 Å². The van der Waals surface area contributed by atoms with Crippen molar-refractivity contribution in [1.29, 1.82) is 0 Å². The third kappa shape index (κ3) is 4.53. The van der Waals surface area contributed by atoms with Crippen molar-refractivity contribution in [2.24, 2.45) is 0 Å². The molecule has 1 rings (SSSR count). The van der Waals surface area contributed by atoms with E-state index in [0.29, 0.717) is 6.42 Å². The van der Waals surface area contributed by atoms with Crippen molar-refractivity contribution in [3.05, 3.63) is 11.1 Å². The average molecular weight is 319 g/mol. The van der Waals surface area contributed by atoms with Crippen molar-refractivity contribution >= 4 is 21.7 Å². The second kappa shape index (κ2) is 7.04. The van der Waals surface area contributed by atoms with E-state index in [1.54, 1.807) is 0 Å². The summed E-state index contributed by atoms with van der Waals surface area (Å²) in [4.78, 5) is 24.8. The van der Waals surface area contributed by atoms with Crippen LogP contribution in [0.5, 0.6) is 0 Å². The van der Waals surface area contributed by atoms with Crippen LogP contribution in [0.3, 0.4) is 0 Å². The van der Waals surface area contributed by atoms with E-state index in [0.717, 1.165) is 0 Å². The molecule has 0 aromatic carbocycles. The minimum atomic E-state index is -3.13. The summed E-state index contributed by atoms with van der Waals surface area (Å²) in [6.45, 7) is 3.30. The Hall–Kier alpha value is -1.41. The third-order valence-electron chi connectivity index (χ3n) is 3.65. The summed E-state index contributed by atoms with van der Waals surface area (Å²) in [6.07, 6.45) is 0.372. The zero-order valence-corrected chi connectivity index (χ0v) is 13.3. The highest BCUT2D eigenvalue weighted by Crippen LogP contribution is 2.20. The van der Waals surface area contributed by atoms with Crippen molar-refractivity contribution in [2.45, 2.75) is 26.3 Å². The quantitative estimate of drug-likeness (QED) is 0.695. The van der Waals surface area contributed by atoms with Crippen LogP contribution < -0.4 is 0 Å². The molecule has 120 valence electrons. The van der Waals surface area contributed by atoms with E-state index in [9.17, 15) is 18.0 Å². The first kappa shape index (κ1) is 17.6. The van der Waals surface area contributed by atoms with Gasteiger partial charge in [0, 0.05) is 30.8 Å². The number of nitrogens with zero attached hydrogens (tertiary/aromatic N) is 1. The van der Waals surface area contributed by atoms with Gasteiger partial charge in [0.1, 0.15) is 0 Å². The van der Waals surface area contributed by atoms with Gasteiger partial charge in [-0.15, -0.1) is 0 Å². The monoisotopic (exact) mass is 319 g/mol. The summed E-state index contributed by atoms with van der Waals surface area (Å²) in [5.41, 5.74) is 0.0752. The van der Waals surface area contributed by atoms with Crippen molar-refractivity contribution in [1.82, 2.24) is 4.90 Å². The summed E-state index contributed by atoms with van der Waals surface area (Å²) in [7, 11) is -1.64. The van der Waals surface area contributed by atoms with Crippen molar-refractivity contribution in [3.8, 4) is 0 Å². The number of carbonyl (C=O) groups excluding carboxylic acids is 1. The Kier molecular flexibility index (Phi) is 5.91. The maximum Gasteiger partial charge on any atom is 0.331 e. The Balaban J connectivity index is 3.00. The van der Waals surface area contributed by atoms with Crippen LogP contribution in [0.2, 0.25) is 0 Å². The molecule has 1 atom stereocenters. The molecule has 0 saturated carbocycles. The highest BCUT2D eigenvalue weighted by molar-refractivity contribution is 7.91. The molecule has 1 unspecified atom stereocenters. The highest BCUT2D eigenvalue weighted by atomic mass is 32.2. The topological polar surface area (TPSA) is 101 Å². The minimum Gasteiger partial charge on any atom is -0.478 e. The lowest BCUT2D eigenvalue weighted by molar-refractivity contribution is -0.134. The molecule has 1 aliphatic heterocycles. The minimum absolute atomic E-state index is 0.0386. The first-order chi connectivity index (χ1) is 9.69. The zero-order valence-electron chi connectivity index (χ0n) is 12.5. The van der Waals surface area contributed by atoms with Crippen LogP contribution in [0.1, 0.15) is 20.3 Å². The van der Waals surface area contributed by atoms with Gasteiger partial charge in [-0.2, -0.15) is 0 Å². The molecule has 0 spiro atoms. The molecule has 1 amide bonds. The predicted octanol–water partition coefficient (Wildman–Crippen LogP) is 0.0695. The van der Waals surface area contributed by atoms with E-state index >= 15 is 0 Å². The lowest BCUT2D eigenvalue weighted by Crippen LogP contribution is -2.43. The van der Waals surface area contributed by atoms with E-state index in [1.165, 1.54) is 25.9 Å². The van der Waals surface area contributed by atoms with Crippen LogP contribution in [-0.4, -0.2) is 68.1 Å². The number of ether oxygens (including phenoxy) is 1. The van der Waals surface area contributed by atoms with Crippen LogP contribution in [-0.2, 0) is 24.2 Å². The van der Waals surface area contributed by atoms with Crippen LogP contribution in [0.25, 0.3) is 0 Å². The number of rotatable bonds is 6. The number of aliphatic carboxylic acids is 1. The molecule has 0 bridgehead atoms. The van der Waals surface area contributed by atoms with Gasteiger partial charge in [-0.05, 0) is 20.3 Å². The van der Waals surface area contributed by atoms with E-state index in [2.05, 4.69) is 0 Å². The lowest BCUT2D eigenvalue weighted by Gasteiger charge is -2.28. The molecule has 1 fully saturated rings. The van der Waals surface area contributed by atoms with Gasteiger partial charge in [-0.25, -0.2) is 13.2 Å². The molecule has 21 heavy (non-hydrogen) atoms. The highest BCUT2D eigenvalue weighted by Gasteiger charge is 2.35. The van der Waals surface area contributed by atoms with Crippen LogP contribution in [0.4, 0.5) is 0 Å². The van der Waals surface area contributed by atoms with Gasteiger partial charge in [0.25, 0.3) is 0 Å². The predicted molar refractivity (Wildman–Crippen MR) is 76.7 cm³/mol. The Morgan fingerprint density at radius 1 is 1.29 bits per heavy atom. The number of sulfone groups is 1. The van der Waals surface area contributed by atoms with E-state index in [1.807, 2.05) is 0 Å². The second-order valence-corrected chi connectivity index (χ2v) is 7.33. The summed E-state index contributed by atoms with van der Waals surface area (Å²) in [5, 5.41) is 8.96. The maximum atomic E-state index is 12.4. The fraction of sp³-hybridized carbons (Fsp3) is 0.692. The molecule has 0 radical (unpaired) electrons. The number of carboxylic acids is 1. The summed E-state index contributed by atoms with van der Waals surface area (Å²) < 4.78 is 28.1. The van der Waals surface area contributed by atoms with Gasteiger partial charge < -0.3 is 14.7 Å². The van der Waals surface area contributed by atoms with Crippen LogP contribution in [0, 0.1) is 0 Å². The molecule has 8 heteroatoms. The van der Waals surface area contributed by atoms with E-state index in [-0.39, 0.29) is 35.8 Å². The normalized spacial score (nSPS) is 21.8. The average Bonchev–Trinajstić information content (AvgIpc) is 2.77. The third-order valence-corrected chi connectivity index (χ3v) is 5.40. The molecule has 1 N–H and O–H groups in total. The zero-order chi connectivity index (χ0) is 16.2. The SMILES string of the molecule is COCCN(C(=O)C(C)=C(C)C(=O)O)C1CCS(=O)(=O)C1. The maximum absolute atomic E-state index is 12.4. The van der Waals surface area contributed by atoms with Crippen LogP contribution >= 0.6 is 0 Å². The lowest BCUT2D eigenvalue weighted by atomic mass is 10.1. The smallest absolute Gasteiger partial charge is 0.331 e. The van der Waals surface area contributed by atoms with Gasteiger partial charge in [0.05, 0.1) is 18.1 Å². The molecule has 0 aromatic rings. The Morgan fingerprint density at radius 2 is 1.90 bits per heavy atom. The molecular formula is C13H21NO6S. The number of carbonyl (C=O) groups is 2. The second-order valence-electron chi connectivity index (χ2n) is 5.10. The van der Waals surface area contributed by atoms with Gasteiger partial charge in [-0.3, -0.25) is 4.79 Å². The fourth-order valence-corrected chi connectivity index (χ4v) is 3.93. The van der Waals surface area contributed by atoms with Gasteiger partial charge in [0.15, 0.2) is 9.84 Å². The van der Waals surface area contributed by atoms with Crippen molar-refractivity contribution in [2.75, 3.05) is 31.8 Å². The summed E-state index contributed by atoms with van der Waals surface area (Å²) in [6, 6.07) is -0.422.